The Balaban J connectivity index is 1.40. The van der Waals surface area contributed by atoms with E-state index in [4.69, 9.17) is 9.47 Å². The Morgan fingerprint density at radius 1 is 1.26 bits per heavy atom. The summed E-state index contributed by atoms with van der Waals surface area (Å²) in [6.45, 7) is 0.916. The van der Waals surface area contributed by atoms with Crippen LogP contribution in [0.15, 0.2) is 36.7 Å². The average molecular weight is 335 g/mol. The van der Waals surface area contributed by atoms with Crippen molar-refractivity contribution >= 4 is 15.7 Å². The SMILES string of the molecule is O=S(=O)(Nc1cnn(C[C@H]2COc3ccccc3O2)c1)C1CC1. The van der Waals surface area contributed by atoms with Crippen molar-refractivity contribution in [3.63, 3.8) is 0 Å². The Labute approximate surface area is 134 Å². The molecule has 7 nitrogen and oxygen atoms in total. The number of para-hydroxylation sites is 2. The highest BCUT2D eigenvalue weighted by atomic mass is 32.2. The number of ether oxygens (including phenoxy) is 2. The number of aromatic nitrogens is 2. The maximum Gasteiger partial charge on any atom is 0.235 e. The van der Waals surface area contributed by atoms with Crippen LogP contribution in [-0.2, 0) is 16.6 Å². The molecule has 1 aliphatic heterocycles. The van der Waals surface area contributed by atoms with Crippen LogP contribution in [0.25, 0.3) is 0 Å². The quantitative estimate of drug-likeness (QED) is 0.898. The molecule has 0 radical (unpaired) electrons. The second kappa shape index (κ2) is 5.45. The van der Waals surface area contributed by atoms with Gasteiger partial charge in [0.05, 0.1) is 23.7 Å². The Morgan fingerprint density at radius 3 is 2.83 bits per heavy atom. The first-order valence-corrected chi connectivity index (χ1v) is 9.07. The van der Waals surface area contributed by atoms with E-state index in [1.807, 2.05) is 24.3 Å². The molecule has 2 aromatic rings. The van der Waals surface area contributed by atoms with Crippen LogP contribution in [0, 0.1) is 0 Å². The van der Waals surface area contributed by atoms with Gasteiger partial charge in [0.1, 0.15) is 6.61 Å². The van der Waals surface area contributed by atoms with Gasteiger partial charge in [-0.25, -0.2) is 8.42 Å². The van der Waals surface area contributed by atoms with Crippen LogP contribution >= 0.6 is 0 Å². The van der Waals surface area contributed by atoms with Crippen molar-refractivity contribution in [3.8, 4) is 11.5 Å². The minimum Gasteiger partial charge on any atom is -0.486 e. The standard InChI is InChI=1S/C15H17N3O4S/c19-23(20,13-5-6-13)17-11-7-16-18(8-11)9-12-10-21-14-3-1-2-4-15(14)22-12/h1-4,7-8,12-13,17H,5-6,9-10H2/t12-/m0/s1. The highest BCUT2D eigenvalue weighted by molar-refractivity contribution is 7.93. The summed E-state index contributed by atoms with van der Waals surface area (Å²) in [4.78, 5) is 0. The molecule has 0 unspecified atom stereocenters. The van der Waals surface area contributed by atoms with Crippen molar-refractivity contribution in [2.75, 3.05) is 11.3 Å². The Morgan fingerprint density at radius 2 is 2.04 bits per heavy atom. The fourth-order valence-corrected chi connectivity index (χ4v) is 3.86. The second-order valence-electron chi connectivity index (χ2n) is 5.80. The summed E-state index contributed by atoms with van der Waals surface area (Å²) in [6.07, 6.45) is 4.48. The molecule has 1 atom stereocenters. The molecule has 0 spiro atoms. The molecule has 1 aliphatic carbocycles. The zero-order chi connectivity index (χ0) is 15.9. The number of hydrogen-bond donors (Lipinski definition) is 1. The molecule has 0 amide bonds. The lowest BCUT2D eigenvalue weighted by Gasteiger charge is -2.26. The number of nitrogens with one attached hydrogen (secondary N) is 1. The van der Waals surface area contributed by atoms with Crippen molar-refractivity contribution in [2.45, 2.75) is 30.7 Å². The largest absolute Gasteiger partial charge is 0.486 e. The van der Waals surface area contributed by atoms with E-state index in [-0.39, 0.29) is 11.4 Å². The fraction of sp³-hybridized carbons (Fsp3) is 0.400. The zero-order valence-electron chi connectivity index (χ0n) is 12.4. The van der Waals surface area contributed by atoms with Gasteiger partial charge in [0.2, 0.25) is 10.0 Å². The van der Waals surface area contributed by atoms with Gasteiger partial charge in [-0.3, -0.25) is 9.40 Å². The van der Waals surface area contributed by atoms with Gasteiger partial charge in [-0.05, 0) is 25.0 Å². The number of rotatable bonds is 5. The van der Waals surface area contributed by atoms with Crippen LogP contribution in [0.2, 0.25) is 0 Å². The third-order valence-electron chi connectivity index (χ3n) is 3.81. The average Bonchev–Trinajstić information content (AvgIpc) is 3.31. The molecule has 23 heavy (non-hydrogen) atoms. The molecular formula is C15H17N3O4S. The maximum atomic E-state index is 11.9. The van der Waals surface area contributed by atoms with Gasteiger partial charge >= 0.3 is 0 Å². The Hall–Kier alpha value is -2.22. The molecule has 0 saturated heterocycles. The monoisotopic (exact) mass is 335 g/mol. The van der Waals surface area contributed by atoms with Gasteiger partial charge in [-0.2, -0.15) is 5.10 Å². The van der Waals surface area contributed by atoms with E-state index in [2.05, 4.69) is 9.82 Å². The molecule has 1 aromatic heterocycles. The van der Waals surface area contributed by atoms with Gasteiger partial charge in [-0.15, -0.1) is 0 Å². The van der Waals surface area contributed by atoms with Crippen LogP contribution in [0.4, 0.5) is 5.69 Å². The van der Waals surface area contributed by atoms with Gasteiger partial charge in [0.15, 0.2) is 17.6 Å². The van der Waals surface area contributed by atoms with E-state index in [1.165, 1.54) is 6.20 Å². The molecule has 8 heteroatoms. The van der Waals surface area contributed by atoms with Crippen LogP contribution < -0.4 is 14.2 Å². The van der Waals surface area contributed by atoms with E-state index in [1.54, 1.807) is 10.9 Å². The number of nitrogens with zero attached hydrogens (tertiary/aromatic N) is 2. The highest BCUT2D eigenvalue weighted by Gasteiger charge is 2.36. The van der Waals surface area contributed by atoms with Crippen LogP contribution in [-0.4, -0.2) is 36.2 Å². The topological polar surface area (TPSA) is 82.5 Å². The van der Waals surface area contributed by atoms with E-state index in [0.29, 0.717) is 24.6 Å². The molecule has 1 N–H and O–H groups in total. The molecule has 2 heterocycles. The van der Waals surface area contributed by atoms with Gasteiger partial charge < -0.3 is 9.47 Å². The van der Waals surface area contributed by atoms with Crippen LogP contribution in [0.3, 0.4) is 0 Å². The summed E-state index contributed by atoms with van der Waals surface area (Å²) in [5, 5.41) is 3.93. The van der Waals surface area contributed by atoms with E-state index in [9.17, 15) is 8.42 Å². The van der Waals surface area contributed by atoms with Crippen molar-refractivity contribution in [3.05, 3.63) is 36.7 Å². The molecule has 2 aliphatic rings. The molecule has 122 valence electrons. The number of fused-ring (bicyclic) bond motifs is 1. The molecular weight excluding hydrogens is 318 g/mol. The highest BCUT2D eigenvalue weighted by Crippen LogP contribution is 2.31. The number of benzene rings is 1. The fourth-order valence-electron chi connectivity index (χ4n) is 2.50. The minimum atomic E-state index is -3.26. The van der Waals surface area contributed by atoms with E-state index < -0.39 is 10.0 Å². The van der Waals surface area contributed by atoms with Gasteiger partial charge in [-0.1, -0.05) is 12.1 Å². The first-order valence-electron chi connectivity index (χ1n) is 7.53. The minimum absolute atomic E-state index is 0.169. The smallest absolute Gasteiger partial charge is 0.235 e. The van der Waals surface area contributed by atoms with Crippen molar-refractivity contribution in [1.82, 2.24) is 9.78 Å². The number of sulfonamides is 1. The Kier molecular flexibility index (Phi) is 3.41. The first kappa shape index (κ1) is 14.4. The van der Waals surface area contributed by atoms with Crippen molar-refractivity contribution < 1.29 is 17.9 Å². The summed E-state index contributed by atoms with van der Waals surface area (Å²) >= 11 is 0. The lowest BCUT2D eigenvalue weighted by molar-refractivity contribution is 0.0759. The van der Waals surface area contributed by atoms with E-state index in [0.717, 1.165) is 18.6 Å². The predicted octanol–water partition coefficient (Wildman–Crippen LogP) is 1.63. The molecule has 1 aromatic carbocycles. The van der Waals surface area contributed by atoms with Gasteiger partial charge in [0, 0.05) is 6.20 Å². The molecule has 4 rings (SSSR count). The zero-order valence-corrected chi connectivity index (χ0v) is 13.2. The lowest BCUT2D eigenvalue weighted by atomic mass is 10.2. The molecule has 1 fully saturated rings. The first-order chi connectivity index (χ1) is 11.1. The summed E-state index contributed by atoms with van der Waals surface area (Å²) < 4.78 is 39.6. The number of anilines is 1. The summed E-state index contributed by atoms with van der Waals surface area (Å²) in [5.41, 5.74) is 0.481. The summed E-state index contributed by atoms with van der Waals surface area (Å²) in [7, 11) is -3.26. The summed E-state index contributed by atoms with van der Waals surface area (Å²) in [5.74, 6) is 1.45. The number of hydrogen-bond acceptors (Lipinski definition) is 5. The van der Waals surface area contributed by atoms with E-state index >= 15 is 0 Å². The van der Waals surface area contributed by atoms with Crippen LogP contribution in [0.5, 0.6) is 11.5 Å². The lowest BCUT2D eigenvalue weighted by Crippen LogP contribution is -2.33. The van der Waals surface area contributed by atoms with Crippen molar-refractivity contribution in [2.24, 2.45) is 0 Å². The Bertz CT molecular complexity index is 814. The summed E-state index contributed by atoms with van der Waals surface area (Å²) in [6, 6.07) is 7.52. The normalized spacial score (nSPS) is 20.3. The second-order valence-corrected chi connectivity index (χ2v) is 7.76. The predicted molar refractivity (Wildman–Crippen MR) is 84.1 cm³/mol. The molecule has 0 bridgehead atoms. The molecule has 1 saturated carbocycles. The maximum absolute atomic E-state index is 11.9. The van der Waals surface area contributed by atoms with Crippen LogP contribution in [0.1, 0.15) is 12.8 Å². The third-order valence-corrected chi connectivity index (χ3v) is 5.68. The van der Waals surface area contributed by atoms with Gasteiger partial charge in [0.25, 0.3) is 0 Å². The van der Waals surface area contributed by atoms with Crippen molar-refractivity contribution in [1.29, 1.82) is 0 Å². The third kappa shape index (κ3) is 3.12.